The second-order valence-corrected chi connectivity index (χ2v) is 6.76. The van der Waals surface area contributed by atoms with Crippen LogP contribution in [0, 0.1) is 0 Å². The zero-order valence-electron chi connectivity index (χ0n) is 14.9. The van der Waals surface area contributed by atoms with Crippen LogP contribution in [0.4, 0.5) is 0 Å². The van der Waals surface area contributed by atoms with Gasteiger partial charge in [-0.05, 0) is 29.8 Å². The zero-order chi connectivity index (χ0) is 19.6. The third kappa shape index (κ3) is 6.86. The number of halogens is 1. The molecule has 0 aliphatic carbocycles. The highest BCUT2D eigenvalue weighted by Crippen LogP contribution is 2.10. The third-order valence-corrected chi connectivity index (χ3v) is 4.38. The lowest BCUT2D eigenvalue weighted by Gasteiger charge is -2.16. The predicted octanol–water partition coefficient (Wildman–Crippen LogP) is 2.47. The van der Waals surface area contributed by atoms with Crippen molar-refractivity contribution in [2.24, 2.45) is 0 Å². The molecule has 7 heteroatoms. The average molecular weight is 433 g/mol. The molecule has 0 radical (unpaired) electrons. The van der Waals surface area contributed by atoms with E-state index >= 15 is 0 Å². The monoisotopic (exact) mass is 432 g/mol. The van der Waals surface area contributed by atoms with Crippen LogP contribution in [0.1, 0.15) is 22.3 Å². The number of rotatable bonds is 8. The van der Waals surface area contributed by atoms with Crippen LogP contribution in [0.3, 0.4) is 0 Å². The van der Waals surface area contributed by atoms with E-state index in [1.54, 1.807) is 24.3 Å². The van der Waals surface area contributed by atoms with E-state index < -0.39 is 12.0 Å². The standard InChI is InChI=1S/C20H21BrN2O4/c1-27-20(26)17(13-14-5-3-2-4-6-14)23-18(24)11-12-22-19(25)15-7-9-16(21)10-8-15/h2-10,17H,11-13H2,1H3,(H,22,25)(H,23,24)/t17-/m1/s1. The van der Waals surface area contributed by atoms with Crippen molar-refractivity contribution in [3.05, 3.63) is 70.2 Å². The van der Waals surface area contributed by atoms with Gasteiger partial charge in [0.05, 0.1) is 7.11 Å². The lowest BCUT2D eigenvalue weighted by Crippen LogP contribution is -2.44. The van der Waals surface area contributed by atoms with Crippen LogP contribution >= 0.6 is 15.9 Å². The summed E-state index contributed by atoms with van der Waals surface area (Å²) in [5, 5.41) is 5.35. The van der Waals surface area contributed by atoms with Gasteiger partial charge in [-0.25, -0.2) is 4.79 Å². The van der Waals surface area contributed by atoms with Crippen molar-refractivity contribution < 1.29 is 19.1 Å². The number of hydrogen-bond acceptors (Lipinski definition) is 4. The van der Waals surface area contributed by atoms with Crippen LogP contribution in [-0.2, 0) is 20.7 Å². The molecular formula is C20H21BrN2O4. The molecule has 2 aromatic carbocycles. The van der Waals surface area contributed by atoms with Gasteiger partial charge in [-0.1, -0.05) is 46.3 Å². The van der Waals surface area contributed by atoms with Crippen molar-refractivity contribution in [3.8, 4) is 0 Å². The Morgan fingerprint density at radius 1 is 1.04 bits per heavy atom. The zero-order valence-corrected chi connectivity index (χ0v) is 16.5. The second-order valence-electron chi connectivity index (χ2n) is 5.85. The Hall–Kier alpha value is -2.67. The Labute approximate surface area is 166 Å². The van der Waals surface area contributed by atoms with Crippen molar-refractivity contribution in [3.63, 3.8) is 0 Å². The van der Waals surface area contributed by atoms with E-state index in [4.69, 9.17) is 4.74 Å². The molecule has 2 aromatic rings. The van der Waals surface area contributed by atoms with Gasteiger partial charge in [-0.15, -0.1) is 0 Å². The summed E-state index contributed by atoms with van der Waals surface area (Å²) in [5.74, 6) is -1.10. The van der Waals surface area contributed by atoms with Crippen LogP contribution in [0.2, 0.25) is 0 Å². The number of carbonyl (C=O) groups excluding carboxylic acids is 3. The van der Waals surface area contributed by atoms with Gasteiger partial charge in [-0.2, -0.15) is 0 Å². The van der Waals surface area contributed by atoms with Gasteiger partial charge in [0.25, 0.3) is 5.91 Å². The minimum atomic E-state index is -0.771. The first kappa shape index (κ1) is 20.6. The molecule has 142 valence electrons. The average Bonchev–Trinajstić information content (AvgIpc) is 2.68. The lowest BCUT2D eigenvalue weighted by molar-refractivity contribution is -0.145. The first-order valence-corrected chi connectivity index (χ1v) is 9.24. The number of nitrogens with one attached hydrogen (secondary N) is 2. The number of carbonyl (C=O) groups is 3. The van der Waals surface area contributed by atoms with Gasteiger partial charge in [0, 0.05) is 29.4 Å². The second kappa shape index (κ2) is 10.5. The molecule has 0 aromatic heterocycles. The fourth-order valence-electron chi connectivity index (χ4n) is 2.44. The molecule has 0 heterocycles. The molecule has 1 atom stereocenters. The van der Waals surface area contributed by atoms with Crippen LogP contribution in [-0.4, -0.2) is 37.5 Å². The summed E-state index contributed by atoms with van der Waals surface area (Å²) in [6.45, 7) is 0.167. The summed E-state index contributed by atoms with van der Waals surface area (Å²) < 4.78 is 5.65. The molecule has 0 saturated carbocycles. The van der Waals surface area contributed by atoms with Crippen LogP contribution in [0.5, 0.6) is 0 Å². The Balaban J connectivity index is 1.83. The summed E-state index contributed by atoms with van der Waals surface area (Å²) in [4.78, 5) is 36.1. The molecule has 6 nitrogen and oxygen atoms in total. The fraction of sp³-hybridized carbons (Fsp3) is 0.250. The first-order valence-electron chi connectivity index (χ1n) is 8.44. The Bertz CT molecular complexity index is 778. The maximum Gasteiger partial charge on any atom is 0.328 e. The summed E-state index contributed by atoms with van der Waals surface area (Å²) in [6, 6.07) is 15.5. The Kier molecular flexibility index (Phi) is 8.00. The highest BCUT2D eigenvalue weighted by molar-refractivity contribution is 9.10. The summed E-state index contributed by atoms with van der Waals surface area (Å²) in [6.07, 6.45) is 0.398. The van der Waals surface area contributed by atoms with Gasteiger partial charge in [0.15, 0.2) is 0 Å². The number of esters is 1. The molecule has 0 fully saturated rings. The molecule has 2 amide bonds. The first-order chi connectivity index (χ1) is 13.0. The minimum Gasteiger partial charge on any atom is -0.467 e. The molecule has 2 rings (SSSR count). The van der Waals surface area contributed by atoms with E-state index in [2.05, 4.69) is 26.6 Å². The van der Waals surface area contributed by atoms with Crippen molar-refractivity contribution in [1.29, 1.82) is 0 Å². The molecule has 27 heavy (non-hydrogen) atoms. The maximum atomic E-state index is 12.2. The van der Waals surface area contributed by atoms with Crippen molar-refractivity contribution >= 4 is 33.7 Å². The molecule has 0 aliphatic rings. The summed E-state index contributed by atoms with van der Waals surface area (Å²) >= 11 is 3.31. The smallest absolute Gasteiger partial charge is 0.328 e. The highest BCUT2D eigenvalue weighted by atomic mass is 79.9. The molecule has 0 aliphatic heterocycles. The largest absolute Gasteiger partial charge is 0.467 e. The maximum absolute atomic E-state index is 12.2. The molecule has 0 unspecified atom stereocenters. The van der Waals surface area contributed by atoms with Gasteiger partial charge in [-0.3, -0.25) is 9.59 Å². The van der Waals surface area contributed by atoms with E-state index in [0.717, 1.165) is 10.0 Å². The van der Waals surface area contributed by atoms with Gasteiger partial charge >= 0.3 is 5.97 Å². The molecule has 0 spiro atoms. The van der Waals surface area contributed by atoms with Gasteiger partial charge in [0.1, 0.15) is 6.04 Å². The molecule has 0 bridgehead atoms. The summed E-state index contributed by atoms with van der Waals surface area (Å²) in [5.41, 5.74) is 1.42. The number of methoxy groups -OCH3 is 1. The lowest BCUT2D eigenvalue weighted by atomic mass is 10.1. The number of amides is 2. The third-order valence-electron chi connectivity index (χ3n) is 3.85. The van der Waals surface area contributed by atoms with Crippen molar-refractivity contribution in [2.45, 2.75) is 18.9 Å². The number of ether oxygens (including phenoxy) is 1. The fourth-order valence-corrected chi connectivity index (χ4v) is 2.71. The van der Waals surface area contributed by atoms with Crippen molar-refractivity contribution in [2.75, 3.05) is 13.7 Å². The van der Waals surface area contributed by atoms with E-state index in [9.17, 15) is 14.4 Å². The molecule has 2 N–H and O–H groups in total. The predicted molar refractivity (Wildman–Crippen MR) is 105 cm³/mol. The van der Waals surface area contributed by atoms with Gasteiger partial charge < -0.3 is 15.4 Å². The Morgan fingerprint density at radius 3 is 2.33 bits per heavy atom. The van der Waals surface area contributed by atoms with Gasteiger partial charge in [0.2, 0.25) is 5.91 Å². The van der Waals surface area contributed by atoms with E-state index in [1.807, 2.05) is 30.3 Å². The quantitative estimate of drug-likeness (QED) is 0.627. The molecule has 0 saturated heterocycles. The highest BCUT2D eigenvalue weighted by Gasteiger charge is 2.21. The topological polar surface area (TPSA) is 84.5 Å². The van der Waals surface area contributed by atoms with E-state index in [1.165, 1.54) is 7.11 Å². The van der Waals surface area contributed by atoms with Crippen LogP contribution < -0.4 is 10.6 Å². The van der Waals surface area contributed by atoms with Crippen LogP contribution in [0.15, 0.2) is 59.1 Å². The normalized spacial score (nSPS) is 11.3. The minimum absolute atomic E-state index is 0.0601. The number of hydrogen-bond donors (Lipinski definition) is 2. The van der Waals surface area contributed by atoms with Crippen LogP contribution in [0.25, 0.3) is 0 Å². The van der Waals surface area contributed by atoms with Crippen molar-refractivity contribution in [1.82, 2.24) is 10.6 Å². The summed E-state index contributed by atoms with van der Waals surface area (Å²) in [7, 11) is 1.28. The number of benzene rings is 2. The Morgan fingerprint density at radius 2 is 1.70 bits per heavy atom. The van der Waals surface area contributed by atoms with E-state index in [-0.39, 0.29) is 24.8 Å². The SMILES string of the molecule is COC(=O)[C@@H](Cc1ccccc1)NC(=O)CCNC(=O)c1ccc(Br)cc1. The molecular weight excluding hydrogens is 412 g/mol. The van der Waals surface area contributed by atoms with E-state index in [0.29, 0.717) is 12.0 Å².